The van der Waals surface area contributed by atoms with Crippen LogP contribution in [0.3, 0.4) is 0 Å². The van der Waals surface area contributed by atoms with Crippen LogP contribution in [0.15, 0.2) is 23.1 Å². The van der Waals surface area contributed by atoms with Crippen molar-refractivity contribution >= 4 is 33.0 Å². The fraction of sp³-hybridized carbons (Fsp3) is 0.417. The van der Waals surface area contributed by atoms with Gasteiger partial charge in [0.2, 0.25) is 5.91 Å². The van der Waals surface area contributed by atoms with Gasteiger partial charge in [0.05, 0.1) is 9.92 Å². The predicted molar refractivity (Wildman–Crippen MR) is 75.8 cm³/mol. The van der Waals surface area contributed by atoms with Crippen molar-refractivity contribution in [3.63, 3.8) is 0 Å². The zero-order valence-corrected chi connectivity index (χ0v) is 12.4. The van der Waals surface area contributed by atoms with Gasteiger partial charge >= 0.3 is 0 Å². The van der Waals surface area contributed by atoms with Crippen LogP contribution in [-0.4, -0.2) is 26.1 Å². The van der Waals surface area contributed by atoms with E-state index < -0.39 is 21.5 Å². The van der Waals surface area contributed by atoms with Crippen molar-refractivity contribution in [3.8, 4) is 0 Å². The summed E-state index contributed by atoms with van der Waals surface area (Å²) in [4.78, 5) is 11.5. The van der Waals surface area contributed by atoms with Crippen LogP contribution >= 0.6 is 11.6 Å². The first-order chi connectivity index (χ1) is 8.76. The molecule has 1 atom stereocenters. The van der Waals surface area contributed by atoms with Crippen molar-refractivity contribution in [1.82, 2.24) is 5.32 Å². The number of benzene rings is 1. The topological polar surface area (TPSA) is 89.3 Å². The standard InChI is InChI=1S/C12H17ClN2O3S/c1-3-8(2)15-12(16)7-19(17,18)11-6-9(14)4-5-10(11)13/h4-6,8H,3,7,14H2,1-2H3,(H,15,16). The maximum atomic E-state index is 12.1. The van der Waals surface area contributed by atoms with Gasteiger partial charge in [-0.2, -0.15) is 0 Å². The van der Waals surface area contributed by atoms with E-state index in [9.17, 15) is 13.2 Å². The minimum absolute atomic E-state index is 0.0607. The molecule has 0 bridgehead atoms. The SMILES string of the molecule is CCC(C)NC(=O)CS(=O)(=O)c1cc(N)ccc1Cl. The Balaban J connectivity index is 2.93. The summed E-state index contributed by atoms with van der Waals surface area (Å²) in [6, 6.07) is 4.09. The average molecular weight is 305 g/mol. The van der Waals surface area contributed by atoms with E-state index >= 15 is 0 Å². The van der Waals surface area contributed by atoms with Crippen LogP contribution in [0.4, 0.5) is 5.69 Å². The number of hydrogen-bond acceptors (Lipinski definition) is 4. The summed E-state index contributed by atoms with van der Waals surface area (Å²) < 4.78 is 24.2. The molecule has 1 rings (SSSR count). The Hall–Kier alpha value is -1.27. The summed E-state index contributed by atoms with van der Waals surface area (Å²) in [6.07, 6.45) is 0.727. The van der Waals surface area contributed by atoms with Gasteiger partial charge in [0.25, 0.3) is 0 Å². The van der Waals surface area contributed by atoms with Crippen LogP contribution in [0, 0.1) is 0 Å². The smallest absolute Gasteiger partial charge is 0.235 e. The van der Waals surface area contributed by atoms with Crippen LogP contribution in [0.5, 0.6) is 0 Å². The van der Waals surface area contributed by atoms with Gasteiger partial charge in [-0.15, -0.1) is 0 Å². The number of amides is 1. The Kier molecular flexibility index (Phi) is 5.20. The average Bonchev–Trinajstić information content (AvgIpc) is 2.31. The molecule has 0 heterocycles. The minimum Gasteiger partial charge on any atom is -0.399 e. The quantitative estimate of drug-likeness (QED) is 0.809. The lowest BCUT2D eigenvalue weighted by Crippen LogP contribution is -2.36. The normalized spacial score (nSPS) is 13.0. The Morgan fingerprint density at radius 3 is 2.68 bits per heavy atom. The van der Waals surface area contributed by atoms with Gasteiger partial charge in [0.15, 0.2) is 9.84 Å². The van der Waals surface area contributed by atoms with Crippen molar-refractivity contribution in [2.75, 3.05) is 11.5 Å². The van der Waals surface area contributed by atoms with Gasteiger partial charge < -0.3 is 11.1 Å². The highest BCUT2D eigenvalue weighted by Gasteiger charge is 2.22. The predicted octanol–water partition coefficient (Wildman–Crippen LogP) is 1.61. The molecule has 3 N–H and O–H groups in total. The molecule has 0 radical (unpaired) electrons. The van der Waals surface area contributed by atoms with E-state index in [-0.39, 0.29) is 21.6 Å². The van der Waals surface area contributed by atoms with E-state index in [1.54, 1.807) is 6.92 Å². The minimum atomic E-state index is -3.79. The second-order valence-electron chi connectivity index (χ2n) is 4.33. The molecule has 0 aliphatic heterocycles. The molecular formula is C12H17ClN2O3S. The molecule has 19 heavy (non-hydrogen) atoms. The molecule has 1 unspecified atom stereocenters. The molecule has 7 heteroatoms. The third kappa shape index (κ3) is 4.40. The Morgan fingerprint density at radius 2 is 2.11 bits per heavy atom. The van der Waals surface area contributed by atoms with Gasteiger partial charge in [0.1, 0.15) is 5.75 Å². The van der Waals surface area contributed by atoms with Gasteiger partial charge in [-0.25, -0.2) is 8.42 Å². The Morgan fingerprint density at radius 1 is 1.47 bits per heavy atom. The highest BCUT2D eigenvalue weighted by atomic mass is 35.5. The number of rotatable bonds is 5. The summed E-state index contributed by atoms with van der Waals surface area (Å²) in [6.45, 7) is 3.70. The van der Waals surface area contributed by atoms with E-state index in [0.29, 0.717) is 0 Å². The molecule has 0 aliphatic rings. The fourth-order valence-electron chi connectivity index (χ4n) is 1.43. The molecule has 0 saturated heterocycles. The van der Waals surface area contributed by atoms with E-state index in [4.69, 9.17) is 17.3 Å². The highest BCUT2D eigenvalue weighted by molar-refractivity contribution is 7.92. The maximum Gasteiger partial charge on any atom is 0.235 e. The number of carbonyl (C=O) groups excluding carboxylic acids is 1. The molecule has 1 aromatic carbocycles. The number of nitrogen functional groups attached to an aromatic ring is 1. The molecule has 5 nitrogen and oxygen atoms in total. The molecule has 1 aromatic rings. The maximum absolute atomic E-state index is 12.1. The van der Waals surface area contributed by atoms with Crippen molar-refractivity contribution in [3.05, 3.63) is 23.2 Å². The number of anilines is 1. The van der Waals surface area contributed by atoms with E-state index in [1.807, 2.05) is 6.92 Å². The molecule has 1 amide bonds. The molecular weight excluding hydrogens is 288 g/mol. The largest absolute Gasteiger partial charge is 0.399 e. The number of halogens is 1. The van der Waals surface area contributed by atoms with Crippen LogP contribution in [0.1, 0.15) is 20.3 Å². The van der Waals surface area contributed by atoms with Gasteiger partial charge in [-0.1, -0.05) is 18.5 Å². The monoisotopic (exact) mass is 304 g/mol. The van der Waals surface area contributed by atoms with Crippen molar-refractivity contribution < 1.29 is 13.2 Å². The van der Waals surface area contributed by atoms with Gasteiger partial charge in [0, 0.05) is 11.7 Å². The number of sulfone groups is 1. The number of carbonyl (C=O) groups is 1. The Bertz CT molecular complexity index is 572. The van der Waals surface area contributed by atoms with Crippen molar-refractivity contribution in [2.45, 2.75) is 31.2 Å². The second-order valence-corrected chi connectivity index (χ2v) is 6.69. The third-order valence-electron chi connectivity index (χ3n) is 2.63. The van der Waals surface area contributed by atoms with Crippen LogP contribution in [0.2, 0.25) is 5.02 Å². The lowest BCUT2D eigenvalue weighted by atomic mass is 10.3. The molecule has 0 fully saturated rings. The van der Waals surface area contributed by atoms with E-state index in [1.165, 1.54) is 18.2 Å². The van der Waals surface area contributed by atoms with Crippen molar-refractivity contribution in [2.24, 2.45) is 0 Å². The molecule has 0 saturated carbocycles. The fourth-order valence-corrected chi connectivity index (χ4v) is 3.16. The van der Waals surface area contributed by atoms with E-state index in [0.717, 1.165) is 6.42 Å². The lowest BCUT2D eigenvalue weighted by molar-refractivity contribution is -0.119. The third-order valence-corrected chi connectivity index (χ3v) is 4.72. The van der Waals surface area contributed by atoms with Crippen molar-refractivity contribution in [1.29, 1.82) is 0 Å². The zero-order valence-electron chi connectivity index (χ0n) is 10.8. The lowest BCUT2D eigenvalue weighted by Gasteiger charge is -2.12. The first kappa shape index (κ1) is 15.8. The molecule has 0 aromatic heterocycles. The summed E-state index contributed by atoms with van der Waals surface area (Å²) in [5.74, 6) is -1.19. The second kappa shape index (κ2) is 6.25. The van der Waals surface area contributed by atoms with Crippen LogP contribution in [0.25, 0.3) is 0 Å². The molecule has 0 spiro atoms. The molecule has 106 valence electrons. The summed E-state index contributed by atoms with van der Waals surface area (Å²) in [7, 11) is -3.79. The first-order valence-corrected chi connectivity index (χ1v) is 7.86. The van der Waals surface area contributed by atoms with Gasteiger partial charge in [-0.3, -0.25) is 4.79 Å². The highest BCUT2D eigenvalue weighted by Crippen LogP contribution is 2.24. The summed E-state index contributed by atoms with van der Waals surface area (Å²) >= 11 is 5.83. The number of nitrogens with two attached hydrogens (primary N) is 1. The molecule has 0 aliphatic carbocycles. The first-order valence-electron chi connectivity index (χ1n) is 5.83. The van der Waals surface area contributed by atoms with Gasteiger partial charge in [-0.05, 0) is 31.5 Å². The summed E-state index contributed by atoms with van der Waals surface area (Å²) in [5, 5.41) is 2.66. The van der Waals surface area contributed by atoms with E-state index in [2.05, 4.69) is 5.32 Å². The number of hydrogen-bond donors (Lipinski definition) is 2. The van der Waals surface area contributed by atoms with Crippen LogP contribution in [-0.2, 0) is 14.6 Å². The number of nitrogens with one attached hydrogen (secondary N) is 1. The zero-order chi connectivity index (χ0) is 14.6. The van der Waals surface area contributed by atoms with Crippen LogP contribution < -0.4 is 11.1 Å². The summed E-state index contributed by atoms with van der Waals surface area (Å²) in [5.41, 5.74) is 5.82. The Labute approximate surface area is 118 Å².